The molecule has 1 rings (SSSR count). The molecule has 0 N–H and O–H groups in total. The van der Waals surface area contributed by atoms with Crippen LogP contribution in [0.25, 0.3) is 0 Å². The molecule has 0 radical (unpaired) electrons. The van der Waals surface area contributed by atoms with Crippen LogP contribution in [0.5, 0.6) is 5.75 Å². The first kappa shape index (κ1) is 11.4. The summed E-state index contributed by atoms with van der Waals surface area (Å²) in [4.78, 5) is 11.8. The van der Waals surface area contributed by atoms with Gasteiger partial charge in [-0.2, -0.15) is 5.26 Å². The van der Waals surface area contributed by atoms with E-state index in [1.807, 2.05) is 6.07 Å². The van der Waals surface area contributed by atoms with Gasteiger partial charge >= 0.3 is 5.97 Å². The average Bonchev–Trinajstić information content (AvgIpc) is 2.27. The number of hydrogen-bond donors (Lipinski definition) is 1. The number of thiol groups is 1. The van der Waals surface area contributed by atoms with Gasteiger partial charge in [-0.25, -0.2) is 4.79 Å². The Bertz CT molecular complexity index is 437. The highest BCUT2D eigenvalue weighted by Crippen LogP contribution is 2.29. The number of nitriles is 1. The number of rotatable bonds is 2. The van der Waals surface area contributed by atoms with Gasteiger partial charge < -0.3 is 9.47 Å². The number of ether oxygens (including phenoxy) is 2. The third-order valence-electron chi connectivity index (χ3n) is 1.85. The minimum Gasteiger partial charge on any atom is -0.494 e. The van der Waals surface area contributed by atoms with Crippen molar-refractivity contribution in [3.63, 3.8) is 0 Å². The van der Waals surface area contributed by atoms with E-state index in [1.165, 1.54) is 20.3 Å². The fraction of sp³-hybridized carbons (Fsp3) is 0.200. The average molecular weight is 223 g/mol. The molecule has 0 aliphatic carbocycles. The Morgan fingerprint density at radius 3 is 2.60 bits per heavy atom. The van der Waals surface area contributed by atoms with Crippen molar-refractivity contribution in [3.8, 4) is 11.8 Å². The summed E-state index contributed by atoms with van der Waals surface area (Å²) in [6, 6.07) is 5.01. The number of benzene rings is 1. The van der Waals surface area contributed by atoms with Crippen molar-refractivity contribution in [2.75, 3.05) is 14.2 Å². The molecule has 0 bridgehead atoms. The second-order valence-corrected chi connectivity index (χ2v) is 3.13. The van der Waals surface area contributed by atoms with Crippen LogP contribution in [0.3, 0.4) is 0 Å². The molecule has 1 aromatic carbocycles. The van der Waals surface area contributed by atoms with E-state index < -0.39 is 5.97 Å². The Balaban J connectivity index is 3.47. The van der Waals surface area contributed by atoms with E-state index in [9.17, 15) is 4.79 Å². The van der Waals surface area contributed by atoms with Gasteiger partial charge in [0.15, 0.2) is 5.75 Å². The highest BCUT2D eigenvalue weighted by molar-refractivity contribution is 7.80. The van der Waals surface area contributed by atoms with Gasteiger partial charge in [-0.05, 0) is 12.1 Å². The molecule has 0 atom stereocenters. The van der Waals surface area contributed by atoms with Crippen molar-refractivity contribution in [2.24, 2.45) is 0 Å². The molecule has 0 aliphatic heterocycles. The largest absolute Gasteiger partial charge is 0.494 e. The van der Waals surface area contributed by atoms with Crippen LogP contribution in [0.15, 0.2) is 17.0 Å². The molecule has 4 nitrogen and oxygen atoms in total. The Morgan fingerprint density at radius 2 is 2.13 bits per heavy atom. The van der Waals surface area contributed by atoms with E-state index in [-0.39, 0.29) is 16.9 Å². The van der Waals surface area contributed by atoms with E-state index in [0.717, 1.165) is 0 Å². The Morgan fingerprint density at radius 1 is 1.47 bits per heavy atom. The SMILES string of the molecule is COC(=O)c1c(S)ccc(C#N)c1OC. The number of nitrogens with zero attached hydrogens (tertiary/aromatic N) is 1. The third kappa shape index (κ3) is 2.05. The number of carbonyl (C=O) groups excluding carboxylic acids is 1. The lowest BCUT2D eigenvalue weighted by Gasteiger charge is -2.10. The van der Waals surface area contributed by atoms with Crippen molar-refractivity contribution in [1.82, 2.24) is 0 Å². The maximum absolute atomic E-state index is 11.4. The first-order valence-corrected chi connectivity index (χ1v) is 4.48. The summed E-state index contributed by atoms with van der Waals surface area (Å²) in [5.41, 5.74) is 0.443. The molecular weight excluding hydrogens is 214 g/mol. The lowest BCUT2D eigenvalue weighted by atomic mass is 10.1. The predicted octanol–water partition coefficient (Wildman–Crippen LogP) is 1.64. The zero-order valence-electron chi connectivity index (χ0n) is 8.27. The van der Waals surface area contributed by atoms with Crippen LogP contribution >= 0.6 is 12.6 Å². The maximum Gasteiger partial charge on any atom is 0.342 e. The van der Waals surface area contributed by atoms with Gasteiger partial charge in [0.2, 0.25) is 0 Å². The summed E-state index contributed by atoms with van der Waals surface area (Å²) in [7, 11) is 2.64. The molecule has 78 valence electrons. The summed E-state index contributed by atoms with van der Waals surface area (Å²) in [5.74, 6) is -0.384. The Kier molecular flexibility index (Phi) is 3.58. The molecule has 0 amide bonds. The van der Waals surface area contributed by atoms with Gasteiger partial charge in [-0.15, -0.1) is 12.6 Å². The molecule has 1 aromatic rings. The van der Waals surface area contributed by atoms with Gasteiger partial charge in [0.25, 0.3) is 0 Å². The highest BCUT2D eigenvalue weighted by atomic mass is 32.1. The summed E-state index contributed by atoms with van der Waals surface area (Å²) < 4.78 is 9.58. The summed E-state index contributed by atoms with van der Waals surface area (Å²) >= 11 is 4.11. The first-order chi connectivity index (χ1) is 7.15. The van der Waals surface area contributed by atoms with E-state index in [0.29, 0.717) is 4.90 Å². The first-order valence-electron chi connectivity index (χ1n) is 4.04. The van der Waals surface area contributed by atoms with E-state index >= 15 is 0 Å². The molecule has 0 heterocycles. The molecule has 0 saturated carbocycles. The van der Waals surface area contributed by atoms with E-state index in [2.05, 4.69) is 17.4 Å². The molecule has 5 heteroatoms. The molecule has 0 saturated heterocycles. The molecular formula is C10H9NO3S. The number of methoxy groups -OCH3 is 2. The van der Waals surface area contributed by atoms with Crippen LogP contribution in [-0.4, -0.2) is 20.2 Å². The topological polar surface area (TPSA) is 59.3 Å². The third-order valence-corrected chi connectivity index (χ3v) is 2.22. The second-order valence-electron chi connectivity index (χ2n) is 2.64. The standard InChI is InChI=1S/C10H9NO3S/c1-13-9-6(5-11)3-4-7(15)8(9)10(12)14-2/h3-4,15H,1-2H3. The maximum atomic E-state index is 11.4. The monoisotopic (exact) mass is 223 g/mol. The Hall–Kier alpha value is -1.67. The summed E-state index contributed by atoms with van der Waals surface area (Å²) in [6.07, 6.45) is 0. The smallest absolute Gasteiger partial charge is 0.342 e. The second kappa shape index (κ2) is 4.71. The fourth-order valence-corrected chi connectivity index (χ4v) is 1.44. The minimum atomic E-state index is -0.575. The van der Waals surface area contributed by atoms with Gasteiger partial charge in [-0.3, -0.25) is 0 Å². The molecule has 0 fully saturated rings. The normalized spacial score (nSPS) is 9.20. The molecule has 0 aliphatic rings. The molecule has 0 spiro atoms. The lowest BCUT2D eigenvalue weighted by molar-refractivity contribution is 0.0593. The van der Waals surface area contributed by atoms with Crippen molar-refractivity contribution in [2.45, 2.75) is 4.90 Å². The molecule has 15 heavy (non-hydrogen) atoms. The van der Waals surface area contributed by atoms with Crippen LogP contribution in [0.4, 0.5) is 0 Å². The summed E-state index contributed by atoms with van der Waals surface area (Å²) in [6.45, 7) is 0. The van der Waals surface area contributed by atoms with Crippen LogP contribution in [-0.2, 0) is 4.74 Å². The Labute approximate surface area is 92.8 Å². The van der Waals surface area contributed by atoms with E-state index in [4.69, 9.17) is 10.00 Å². The van der Waals surface area contributed by atoms with Gasteiger partial charge in [0, 0.05) is 4.90 Å². The highest BCUT2D eigenvalue weighted by Gasteiger charge is 2.19. The minimum absolute atomic E-state index is 0.169. The molecule has 0 aromatic heterocycles. The van der Waals surface area contributed by atoms with Crippen molar-refractivity contribution in [3.05, 3.63) is 23.3 Å². The van der Waals surface area contributed by atoms with Crippen molar-refractivity contribution < 1.29 is 14.3 Å². The quantitative estimate of drug-likeness (QED) is 0.611. The zero-order valence-corrected chi connectivity index (χ0v) is 9.17. The van der Waals surface area contributed by atoms with Crippen molar-refractivity contribution in [1.29, 1.82) is 5.26 Å². The van der Waals surface area contributed by atoms with Gasteiger partial charge in [-0.1, -0.05) is 0 Å². The predicted molar refractivity (Wildman–Crippen MR) is 56.3 cm³/mol. The number of carbonyl (C=O) groups is 1. The number of esters is 1. The fourth-order valence-electron chi connectivity index (χ4n) is 1.17. The van der Waals surface area contributed by atoms with Crippen LogP contribution in [0, 0.1) is 11.3 Å². The van der Waals surface area contributed by atoms with Gasteiger partial charge in [0.1, 0.15) is 11.6 Å². The van der Waals surface area contributed by atoms with Crippen LogP contribution in [0.1, 0.15) is 15.9 Å². The van der Waals surface area contributed by atoms with E-state index in [1.54, 1.807) is 6.07 Å². The lowest BCUT2D eigenvalue weighted by Crippen LogP contribution is -2.06. The van der Waals surface area contributed by atoms with Crippen molar-refractivity contribution >= 4 is 18.6 Å². The van der Waals surface area contributed by atoms with Crippen LogP contribution in [0.2, 0.25) is 0 Å². The molecule has 0 unspecified atom stereocenters. The summed E-state index contributed by atoms with van der Waals surface area (Å²) in [5, 5.41) is 8.81. The van der Waals surface area contributed by atoms with Gasteiger partial charge in [0.05, 0.1) is 19.8 Å². The zero-order chi connectivity index (χ0) is 11.4. The number of hydrogen-bond acceptors (Lipinski definition) is 5. The van der Waals surface area contributed by atoms with Crippen LogP contribution < -0.4 is 4.74 Å².